The smallest absolute Gasteiger partial charge is 0.297 e. The number of nitrogens with zero attached hydrogens (tertiary/aromatic N) is 3. The quantitative estimate of drug-likeness (QED) is 0.285. The molecule has 0 aliphatic carbocycles. The fourth-order valence-electron chi connectivity index (χ4n) is 2.90. The summed E-state index contributed by atoms with van der Waals surface area (Å²) in [5, 5.41) is 24.4. The first-order chi connectivity index (χ1) is 14.3. The Bertz CT molecular complexity index is 997. The normalized spacial score (nSPS) is 26.7. The minimum atomic E-state index is -4.08. The molecular formula is C19H21N3O6S2. The van der Waals surface area contributed by atoms with Gasteiger partial charge in [0.05, 0.1) is 17.6 Å². The Morgan fingerprint density at radius 1 is 1.13 bits per heavy atom. The van der Waals surface area contributed by atoms with Crippen molar-refractivity contribution in [3.05, 3.63) is 70.6 Å². The van der Waals surface area contributed by atoms with Gasteiger partial charge in [-0.25, -0.2) is 0 Å². The summed E-state index contributed by atoms with van der Waals surface area (Å²) in [6, 6.07) is 14.1. The molecule has 0 spiro atoms. The first kappa shape index (κ1) is 22.6. The SMILES string of the molecule is Cc1ccc(S(=O)(=O)OCC2OC(Sc3ccccc3)C(N=[N+]=[N-])[C@@H](O)[C@@H]2O)cc1. The van der Waals surface area contributed by atoms with Crippen LogP contribution in [0.1, 0.15) is 5.56 Å². The summed E-state index contributed by atoms with van der Waals surface area (Å²) in [5.41, 5.74) is 8.87. The first-order valence-corrected chi connectivity index (χ1v) is 11.3. The van der Waals surface area contributed by atoms with Crippen LogP contribution >= 0.6 is 11.8 Å². The van der Waals surface area contributed by atoms with Crippen LogP contribution in [0.15, 0.2) is 69.5 Å². The van der Waals surface area contributed by atoms with E-state index in [1.165, 1.54) is 23.9 Å². The van der Waals surface area contributed by atoms with Gasteiger partial charge in [-0.2, -0.15) is 8.42 Å². The van der Waals surface area contributed by atoms with Crippen LogP contribution in [0.4, 0.5) is 0 Å². The zero-order valence-electron chi connectivity index (χ0n) is 16.0. The van der Waals surface area contributed by atoms with E-state index in [9.17, 15) is 18.6 Å². The van der Waals surface area contributed by atoms with Crippen molar-refractivity contribution in [2.45, 2.75) is 46.5 Å². The van der Waals surface area contributed by atoms with Gasteiger partial charge in [-0.05, 0) is 36.7 Å². The van der Waals surface area contributed by atoms with Crippen LogP contribution in [0.2, 0.25) is 0 Å². The predicted molar refractivity (Wildman–Crippen MR) is 110 cm³/mol. The van der Waals surface area contributed by atoms with Gasteiger partial charge in [-0.15, -0.1) is 0 Å². The topological polar surface area (TPSA) is 142 Å². The Hall–Kier alpha value is -2.11. The van der Waals surface area contributed by atoms with Crippen molar-refractivity contribution in [1.29, 1.82) is 0 Å². The van der Waals surface area contributed by atoms with Gasteiger partial charge in [0.1, 0.15) is 23.7 Å². The molecule has 0 radical (unpaired) electrons. The van der Waals surface area contributed by atoms with E-state index in [2.05, 4.69) is 10.0 Å². The highest BCUT2D eigenvalue weighted by Crippen LogP contribution is 2.35. The van der Waals surface area contributed by atoms with Crippen LogP contribution in [-0.2, 0) is 19.0 Å². The summed E-state index contributed by atoms with van der Waals surface area (Å²) in [5.74, 6) is 0. The summed E-state index contributed by atoms with van der Waals surface area (Å²) >= 11 is 1.19. The lowest BCUT2D eigenvalue weighted by Gasteiger charge is -2.40. The number of hydrogen-bond donors (Lipinski definition) is 2. The first-order valence-electron chi connectivity index (χ1n) is 9.05. The van der Waals surface area contributed by atoms with Crippen LogP contribution in [0.5, 0.6) is 0 Å². The van der Waals surface area contributed by atoms with E-state index in [0.29, 0.717) is 0 Å². The molecule has 0 amide bonds. The second-order valence-corrected chi connectivity index (χ2v) is 9.49. The second-order valence-electron chi connectivity index (χ2n) is 6.70. The van der Waals surface area contributed by atoms with E-state index in [1.807, 2.05) is 37.3 Å². The molecule has 1 aliphatic rings. The minimum absolute atomic E-state index is 0.0267. The van der Waals surface area contributed by atoms with Gasteiger partial charge < -0.3 is 14.9 Å². The molecule has 30 heavy (non-hydrogen) atoms. The molecule has 3 rings (SSSR count). The third kappa shape index (κ3) is 5.32. The molecule has 0 bridgehead atoms. The van der Waals surface area contributed by atoms with Crippen LogP contribution < -0.4 is 0 Å². The standard InChI is InChI=1S/C19H21N3O6S2/c1-12-7-9-14(10-8-12)30(25,26)27-11-15-17(23)18(24)16(21-22-20)19(28-15)29-13-5-3-2-4-6-13/h2-10,15-19,23-24H,11H2,1H3/t15?,16?,17-,18-,19?/m1/s1. The predicted octanol–water partition coefficient (Wildman–Crippen LogP) is 2.62. The summed E-state index contributed by atoms with van der Waals surface area (Å²) in [7, 11) is -4.08. The largest absolute Gasteiger partial charge is 0.390 e. The summed E-state index contributed by atoms with van der Waals surface area (Å²) in [4.78, 5) is 3.49. The summed E-state index contributed by atoms with van der Waals surface area (Å²) in [6.07, 6.45) is -4.10. The highest BCUT2D eigenvalue weighted by Gasteiger charge is 2.45. The van der Waals surface area contributed by atoms with E-state index in [4.69, 9.17) is 14.5 Å². The van der Waals surface area contributed by atoms with Gasteiger partial charge in [0.15, 0.2) is 0 Å². The third-order valence-corrected chi connectivity index (χ3v) is 7.01. The Labute approximate surface area is 178 Å². The van der Waals surface area contributed by atoms with Crippen molar-refractivity contribution in [3.63, 3.8) is 0 Å². The number of benzene rings is 2. The molecule has 1 aliphatic heterocycles. The van der Waals surface area contributed by atoms with Crippen LogP contribution in [0.25, 0.3) is 10.4 Å². The van der Waals surface area contributed by atoms with Crippen LogP contribution in [0, 0.1) is 6.92 Å². The maximum Gasteiger partial charge on any atom is 0.297 e. The van der Waals surface area contributed by atoms with Gasteiger partial charge in [-0.1, -0.05) is 52.8 Å². The zero-order valence-corrected chi connectivity index (χ0v) is 17.6. The molecule has 2 aromatic carbocycles. The van der Waals surface area contributed by atoms with Crippen LogP contribution in [-0.4, -0.2) is 55.0 Å². The average Bonchev–Trinajstić information content (AvgIpc) is 2.73. The van der Waals surface area contributed by atoms with Gasteiger partial charge in [0.25, 0.3) is 10.1 Å². The Morgan fingerprint density at radius 2 is 1.80 bits per heavy atom. The molecule has 1 heterocycles. The number of hydrogen-bond acceptors (Lipinski definition) is 8. The molecule has 2 N–H and O–H groups in total. The number of aliphatic hydroxyl groups is 2. The average molecular weight is 452 g/mol. The Balaban J connectivity index is 1.75. The Kier molecular flexibility index (Phi) is 7.37. The third-order valence-electron chi connectivity index (χ3n) is 4.55. The van der Waals surface area contributed by atoms with E-state index >= 15 is 0 Å². The number of thioether (sulfide) groups is 1. The molecule has 160 valence electrons. The lowest BCUT2D eigenvalue weighted by atomic mass is 9.99. The molecule has 3 unspecified atom stereocenters. The van der Waals surface area contributed by atoms with Gasteiger partial charge >= 0.3 is 0 Å². The van der Waals surface area contributed by atoms with Crippen molar-refractivity contribution < 1.29 is 27.6 Å². The number of aliphatic hydroxyl groups excluding tert-OH is 2. The van der Waals surface area contributed by atoms with E-state index in [0.717, 1.165) is 10.5 Å². The molecule has 11 heteroatoms. The molecule has 1 saturated heterocycles. The van der Waals surface area contributed by atoms with Crippen molar-refractivity contribution in [2.75, 3.05) is 6.61 Å². The number of azide groups is 1. The molecule has 1 fully saturated rings. The summed E-state index contributed by atoms with van der Waals surface area (Å²) < 4.78 is 35.7. The van der Waals surface area contributed by atoms with Crippen molar-refractivity contribution in [2.24, 2.45) is 5.11 Å². The molecule has 5 atom stereocenters. The van der Waals surface area contributed by atoms with Crippen molar-refractivity contribution in [3.8, 4) is 0 Å². The maximum atomic E-state index is 12.4. The van der Waals surface area contributed by atoms with Gasteiger partial charge in [0, 0.05) is 9.81 Å². The fraction of sp³-hybridized carbons (Fsp3) is 0.368. The van der Waals surface area contributed by atoms with Crippen LogP contribution in [0.3, 0.4) is 0 Å². The minimum Gasteiger partial charge on any atom is -0.390 e. The molecule has 0 saturated carbocycles. The van der Waals surface area contributed by atoms with Crippen molar-refractivity contribution >= 4 is 21.9 Å². The maximum absolute atomic E-state index is 12.4. The van der Waals surface area contributed by atoms with Gasteiger partial charge in [-0.3, -0.25) is 4.18 Å². The summed E-state index contributed by atoms with van der Waals surface area (Å²) in [6.45, 7) is 1.32. The van der Waals surface area contributed by atoms with E-state index in [1.54, 1.807) is 12.1 Å². The number of rotatable bonds is 7. The number of ether oxygens (including phenoxy) is 1. The Morgan fingerprint density at radius 3 is 2.43 bits per heavy atom. The lowest BCUT2D eigenvalue weighted by molar-refractivity contribution is -0.162. The fourth-order valence-corrected chi connectivity index (χ4v) is 4.95. The molecule has 0 aromatic heterocycles. The molecular weight excluding hydrogens is 430 g/mol. The highest BCUT2D eigenvalue weighted by molar-refractivity contribution is 7.99. The van der Waals surface area contributed by atoms with E-state index in [-0.39, 0.29) is 4.90 Å². The van der Waals surface area contributed by atoms with Gasteiger partial charge in [0.2, 0.25) is 0 Å². The monoisotopic (exact) mass is 451 g/mol. The molecule has 2 aromatic rings. The lowest BCUT2D eigenvalue weighted by Crippen LogP contribution is -2.57. The molecule has 9 nitrogen and oxygen atoms in total. The number of aryl methyl sites for hydroxylation is 1. The highest BCUT2D eigenvalue weighted by atomic mass is 32.2. The second kappa shape index (κ2) is 9.80. The van der Waals surface area contributed by atoms with E-state index < -0.39 is 46.5 Å². The zero-order chi connectivity index (χ0) is 21.7. The van der Waals surface area contributed by atoms with Crippen molar-refractivity contribution in [1.82, 2.24) is 0 Å².